The average Bonchev–Trinajstić information content (AvgIpc) is 3.51. The van der Waals surface area contributed by atoms with Gasteiger partial charge in [0.25, 0.3) is 11.6 Å². The summed E-state index contributed by atoms with van der Waals surface area (Å²) in [6.45, 7) is 3.04. The van der Waals surface area contributed by atoms with Crippen LogP contribution in [0.3, 0.4) is 0 Å². The average molecular weight is 446 g/mol. The highest BCUT2D eigenvalue weighted by atomic mass is 16.6. The Kier molecular flexibility index (Phi) is 4.08. The van der Waals surface area contributed by atoms with Crippen molar-refractivity contribution in [3.05, 3.63) is 64.2 Å². The zero-order valence-corrected chi connectivity index (χ0v) is 18.0. The van der Waals surface area contributed by atoms with Crippen LogP contribution < -0.4 is 9.80 Å². The Morgan fingerprint density at radius 2 is 1.79 bits per heavy atom. The summed E-state index contributed by atoms with van der Waals surface area (Å²) in [7, 11) is 0. The third-order valence-corrected chi connectivity index (χ3v) is 7.78. The lowest BCUT2D eigenvalue weighted by Gasteiger charge is -2.37. The quantitative estimate of drug-likeness (QED) is 0.408. The molecule has 4 heterocycles. The van der Waals surface area contributed by atoms with Crippen molar-refractivity contribution in [2.24, 2.45) is 11.8 Å². The highest BCUT2D eigenvalue weighted by Gasteiger charge is 2.75. The van der Waals surface area contributed by atoms with Gasteiger partial charge in [-0.25, -0.2) is 4.90 Å². The zero-order valence-electron chi connectivity index (χ0n) is 18.0. The molecule has 2 aromatic carbocycles. The van der Waals surface area contributed by atoms with Gasteiger partial charge in [-0.15, -0.1) is 0 Å². The normalized spacial score (nSPS) is 30.3. The van der Waals surface area contributed by atoms with Crippen molar-refractivity contribution >= 4 is 34.8 Å². The number of nitro groups is 1. The summed E-state index contributed by atoms with van der Waals surface area (Å²) < 4.78 is 0. The van der Waals surface area contributed by atoms with Gasteiger partial charge in [-0.3, -0.25) is 29.4 Å². The lowest BCUT2D eigenvalue weighted by molar-refractivity contribution is -0.384. The first-order chi connectivity index (χ1) is 15.9. The monoisotopic (exact) mass is 446 g/mol. The first-order valence-corrected chi connectivity index (χ1v) is 11.2. The van der Waals surface area contributed by atoms with Gasteiger partial charge in [0.15, 0.2) is 0 Å². The minimum atomic E-state index is -1.19. The Morgan fingerprint density at radius 3 is 2.48 bits per heavy atom. The van der Waals surface area contributed by atoms with E-state index in [-0.39, 0.29) is 23.5 Å². The number of rotatable bonds is 3. The van der Waals surface area contributed by atoms with Crippen molar-refractivity contribution < 1.29 is 19.3 Å². The van der Waals surface area contributed by atoms with Gasteiger partial charge in [0.1, 0.15) is 5.54 Å². The maximum atomic E-state index is 14.0. The Hall–Kier alpha value is -3.59. The Morgan fingerprint density at radius 1 is 1.06 bits per heavy atom. The number of carbonyl (C=O) groups is 3. The molecule has 0 unspecified atom stereocenters. The number of nitro benzene ring substituents is 1. The van der Waals surface area contributed by atoms with Crippen molar-refractivity contribution in [2.75, 3.05) is 22.9 Å². The minimum absolute atomic E-state index is 0.116. The van der Waals surface area contributed by atoms with Crippen LogP contribution in [0, 0.1) is 22.0 Å². The highest BCUT2D eigenvalue weighted by Crippen LogP contribution is 2.61. The molecule has 0 bridgehead atoms. The third kappa shape index (κ3) is 2.27. The number of amides is 3. The topological polar surface area (TPSA) is 104 Å². The molecule has 0 radical (unpaired) electrons. The van der Waals surface area contributed by atoms with Crippen LogP contribution >= 0.6 is 0 Å². The summed E-state index contributed by atoms with van der Waals surface area (Å²) >= 11 is 0. The van der Waals surface area contributed by atoms with E-state index in [4.69, 9.17) is 0 Å². The molecule has 0 N–H and O–H groups in total. The first kappa shape index (κ1) is 20.0. The summed E-state index contributed by atoms with van der Waals surface area (Å²) in [4.78, 5) is 57.2. The molecule has 0 aliphatic carbocycles. The number of nitrogens with zero attached hydrogens (tertiary/aromatic N) is 4. The van der Waals surface area contributed by atoms with Gasteiger partial charge in [-0.2, -0.15) is 0 Å². The fraction of sp³-hybridized carbons (Fsp3) is 0.375. The number of anilines is 2. The predicted molar refractivity (Wildman–Crippen MR) is 118 cm³/mol. The molecule has 4 atom stereocenters. The molecular weight excluding hydrogens is 424 g/mol. The number of imide groups is 1. The molecule has 0 aromatic heterocycles. The molecule has 3 saturated heterocycles. The second-order valence-corrected chi connectivity index (χ2v) is 9.02. The fourth-order valence-electron chi connectivity index (χ4n) is 6.63. The molecule has 9 nitrogen and oxygen atoms in total. The SMILES string of the molecule is CCN1C(=O)[C@]2(c3ccccc31)[C@H]1C(=O)N(c3ccc([N+](=O)[O-])cc3)C(=O)[C@@H]1[C@H]1CCCN12. The number of para-hydroxylation sites is 1. The molecule has 4 aliphatic rings. The van der Waals surface area contributed by atoms with Crippen LogP contribution in [0.4, 0.5) is 17.1 Å². The summed E-state index contributed by atoms with van der Waals surface area (Å²) in [5.74, 6) is -2.32. The van der Waals surface area contributed by atoms with Crippen molar-refractivity contribution in [3.8, 4) is 0 Å². The summed E-state index contributed by atoms with van der Waals surface area (Å²) in [6, 6.07) is 12.8. The van der Waals surface area contributed by atoms with E-state index >= 15 is 0 Å². The minimum Gasteiger partial charge on any atom is -0.310 e. The van der Waals surface area contributed by atoms with Crippen LogP contribution in [0.15, 0.2) is 48.5 Å². The highest BCUT2D eigenvalue weighted by molar-refractivity contribution is 6.26. The van der Waals surface area contributed by atoms with Crippen LogP contribution in [-0.2, 0) is 19.9 Å². The van der Waals surface area contributed by atoms with Gasteiger partial charge in [0, 0.05) is 36.0 Å². The molecule has 33 heavy (non-hydrogen) atoms. The van der Waals surface area contributed by atoms with Gasteiger partial charge < -0.3 is 4.90 Å². The van der Waals surface area contributed by atoms with Crippen LogP contribution in [0.1, 0.15) is 25.3 Å². The van der Waals surface area contributed by atoms with E-state index in [0.29, 0.717) is 18.8 Å². The molecule has 4 aliphatic heterocycles. The number of benzene rings is 2. The molecule has 1 spiro atoms. The number of hydrogen-bond donors (Lipinski definition) is 0. The van der Waals surface area contributed by atoms with Crippen LogP contribution in [-0.4, -0.2) is 46.7 Å². The van der Waals surface area contributed by atoms with E-state index in [1.165, 1.54) is 24.3 Å². The molecule has 3 amide bonds. The van der Waals surface area contributed by atoms with Crippen molar-refractivity contribution in [1.82, 2.24) is 4.90 Å². The molecule has 6 rings (SSSR count). The standard InChI is InChI=1S/C24H22N4O5/c1-2-25-17-7-4-3-6-16(17)24(23(25)31)20-19(18-8-5-13-26(18)24)21(29)27(22(20)30)14-9-11-15(12-10-14)28(32)33/h3-4,6-7,9-12,18-20H,2,5,8,13H2,1H3/t18-,19-,20-,24+/m1/s1. The Balaban J connectivity index is 1.52. The van der Waals surface area contributed by atoms with E-state index in [0.717, 1.165) is 29.0 Å². The third-order valence-electron chi connectivity index (χ3n) is 7.78. The first-order valence-electron chi connectivity index (χ1n) is 11.2. The molecule has 2 aromatic rings. The number of fused-ring (bicyclic) bond motifs is 7. The molecular formula is C24H22N4O5. The molecule has 168 valence electrons. The molecule has 0 saturated carbocycles. The fourth-order valence-corrected chi connectivity index (χ4v) is 6.63. The van der Waals surface area contributed by atoms with Gasteiger partial charge in [0.05, 0.1) is 22.4 Å². The van der Waals surface area contributed by atoms with E-state index < -0.39 is 28.2 Å². The van der Waals surface area contributed by atoms with Gasteiger partial charge in [-0.05, 0) is 44.5 Å². The largest absolute Gasteiger partial charge is 0.310 e. The Labute approximate surface area is 189 Å². The summed E-state index contributed by atoms with van der Waals surface area (Å²) in [6.07, 6.45) is 1.60. The maximum Gasteiger partial charge on any atom is 0.269 e. The van der Waals surface area contributed by atoms with Gasteiger partial charge >= 0.3 is 0 Å². The number of carbonyl (C=O) groups excluding carboxylic acids is 3. The smallest absolute Gasteiger partial charge is 0.269 e. The van der Waals surface area contributed by atoms with Crippen LogP contribution in [0.5, 0.6) is 0 Å². The predicted octanol–water partition coefficient (Wildman–Crippen LogP) is 2.44. The van der Waals surface area contributed by atoms with Gasteiger partial charge in [0.2, 0.25) is 11.8 Å². The summed E-state index contributed by atoms with van der Waals surface area (Å²) in [5, 5.41) is 11.0. The lowest BCUT2D eigenvalue weighted by atomic mass is 9.75. The van der Waals surface area contributed by atoms with E-state index in [2.05, 4.69) is 4.90 Å². The van der Waals surface area contributed by atoms with Crippen molar-refractivity contribution in [2.45, 2.75) is 31.3 Å². The molecule has 3 fully saturated rings. The number of hydrogen-bond acceptors (Lipinski definition) is 6. The second kappa shape index (κ2) is 6.71. The van der Waals surface area contributed by atoms with Gasteiger partial charge in [-0.1, -0.05) is 18.2 Å². The summed E-state index contributed by atoms with van der Waals surface area (Å²) in [5.41, 5.74) is 0.583. The lowest BCUT2D eigenvalue weighted by Crippen LogP contribution is -2.56. The van der Waals surface area contributed by atoms with Crippen molar-refractivity contribution in [1.29, 1.82) is 0 Å². The van der Waals surface area contributed by atoms with E-state index in [1.807, 2.05) is 31.2 Å². The van der Waals surface area contributed by atoms with Crippen molar-refractivity contribution in [3.63, 3.8) is 0 Å². The van der Waals surface area contributed by atoms with E-state index in [1.54, 1.807) is 4.90 Å². The number of non-ortho nitro benzene ring substituents is 1. The van der Waals surface area contributed by atoms with E-state index in [9.17, 15) is 24.5 Å². The maximum absolute atomic E-state index is 14.0. The van der Waals surface area contributed by atoms with Crippen LogP contribution in [0.25, 0.3) is 0 Å². The number of likely N-dealkylation sites (N-methyl/N-ethyl adjacent to an activating group) is 1. The molecule has 9 heteroatoms. The second-order valence-electron chi connectivity index (χ2n) is 9.02. The zero-order chi connectivity index (χ0) is 23.1. The van der Waals surface area contributed by atoms with Crippen LogP contribution in [0.2, 0.25) is 0 Å². The Bertz CT molecular complexity index is 1230.